The Morgan fingerprint density at radius 3 is 1.64 bits per heavy atom. The van der Waals surface area contributed by atoms with E-state index < -0.39 is 0 Å². The van der Waals surface area contributed by atoms with Gasteiger partial charge in [0.05, 0.1) is 12.2 Å². The summed E-state index contributed by atoms with van der Waals surface area (Å²) in [5, 5.41) is 21.1. The molecule has 0 heterocycles. The van der Waals surface area contributed by atoms with Crippen LogP contribution >= 0.6 is 0 Å². The summed E-state index contributed by atoms with van der Waals surface area (Å²) in [5.41, 5.74) is 0. The molecule has 0 aliphatic heterocycles. The van der Waals surface area contributed by atoms with Crippen LogP contribution in [0.5, 0.6) is 0 Å². The van der Waals surface area contributed by atoms with E-state index in [9.17, 15) is 0 Å². The van der Waals surface area contributed by atoms with Crippen molar-refractivity contribution in [2.45, 2.75) is 44.9 Å². The van der Waals surface area contributed by atoms with Gasteiger partial charge in [-0.15, -0.1) is 0 Å². The molecule has 68 valence electrons. The van der Waals surface area contributed by atoms with Gasteiger partial charge in [-0.1, -0.05) is 0 Å². The molecule has 0 rings (SSSR count). The van der Waals surface area contributed by atoms with Gasteiger partial charge in [-0.25, -0.2) is 0 Å². The van der Waals surface area contributed by atoms with Crippen molar-refractivity contribution in [3.8, 4) is 0 Å². The maximum Gasteiger partial charge on any atom is 0.0526 e. The molecule has 0 aliphatic carbocycles. The van der Waals surface area contributed by atoms with Crippen molar-refractivity contribution in [3.05, 3.63) is 0 Å². The Kier molecular flexibility index (Phi) is 5.46. The first-order valence-corrected chi connectivity index (χ1v) is 4.09. The molecule has 0 saturated heterocycles. The van der Waals surface area contributed by atoms with Crippen molar-refractivity contribution in [1.82, 2.24) is 5.32 Å². The van der Waals surface area contributed by atoms with E-state index in [0.717, 1.165) is 0 Å². The molecule has 2 atom stereocenters. The molecule has 0 aliphatic rings. The van der Waals surface area contributed by atoms with Crippen molar-refractivity contribution >= 4 is 0 Å². The van der Waals surface area contributed by atoms with Gasteiger partial charge in [-0.2, -0.15) is 0 Å². The van der Waals surface area contributed by atoms with Crippen molar-refractivity contribution in [1.29, 1.82) is 0 Å². The minimum absolute atomic E-state index is 0.218. The quantitative estimate of drug-likeness (QED) is 0.536. The Labute approximate surface area is 68.4 Å². The Morgan fingerprint density at radius 1 is 1.09 bits per heavy atom. The van der Waals surface area contributed by atoms with E-state index in [2.05, 4.69) is 5.32 Å². The molecular weight excluding hydrogens is 142 g/mol. The molecule has 3 nitrogen and oxygen atoms in total. The molecule has 0 aromatic carbocycles. The van der Waals surface area contributed by atoms with Crippen LogP contribution in [0.2, 0.25) is 0 Å². The summed E-state index contributed by atoms with van der Waals surface area (Å²) in [6.45, 7) is 3.51. The van der Waals surface area contributed by atoms with Crippen LogP contribution in [-0.2, 0) is 0 Å². The van der Waals surface area contributed by atoms with Crippen LogP contribution in [0.25, 0.3) is 0 Å². The molecule has 3 N–H and O–H groups in total. The Hall–Kier alpha value is -0.120. The van der Waals surface area contributed by atoms with Crippen LogP contribution in [0, 0.1) is 0 Å². The fraction of sp³-hybridized carbons (Fsp3) is 1.00. The molecule has 0 amide bonds. The van der Waals surface area contributed by atoms with E-state index in [1.54, 1.807) is 13.8 Å². The standard InChI is InChI=1S/C8H19NO2/c1-6(10)4-8(9-3)5-7(2)11/h6-11H,4-5H2,1-3H3. The topological polar surface area (TPSA) is 52.5 Å². The van der Waals surface area contributed by atoms with Crippen LogP contribution in [0.4, 0.5) is 0 Å². The molecule has 0 fully saturated rings. The zero-order valence-corrected chi connectivity index (χ0v) is 7.54. The van der Waals surface area contributed by atoms with Gasteiger partial charge in [0.15, 0.2) is 0 Å². The molecule has 0 saturated carbocycles. The minimum Gasteiger partial charge on any atom is -0.393 e. The third kappa shape index (κ3) is 6.28. The molecular formula is C8H19NO2. The molecule has 0 bridgehead atoms. The van der Waals surface area contributed by atoms with Gasteiger partial charge in [0.2, 0.25) is 0 Å². The van der Waals surface area contributed by atoms with Gasteiger partial charge < -0.3 is 15.5 Å². The van der Waals surface area contributed by atoms with E-state index in [0.29, 0.717) is 12.8 Å². The highest BCUT2D eigenvalue weighted by Crippen LogP contribution is 2.04. The van der Waals surface area contributed by atoms with Crippen molar-refractivity contribution < 1.29 is 10.2 Å². The number of hydrogen-bond donors (Lipinski definition) is 3. The first-order chi connectivity index (χ1) is 5.06. The maximum absolute atomic E-state index is 9.05. The number of aliphatic hydroxyl groups is 2. The van der Waals surface area contributed by atoms with Gasteiger partial charge in [0, 0.05) is 6.04 Å². The third-order valence-corrected chi connectivity index (χ3v) is 1.66. The van der Waals surface area contributed by atoms with E-state index in [1.165, 1.54) is 0 Å². The highest BCUT2D eigenvalue weighted by molar-refractivity contribution is 4.69. The number of rotatable bonds is 5. The monoisotopic (exact) mass is 161 g/mol. The molecule has 0 aromatic rings. The van der Waals surface area contributed by atoms with Crippen LogP contribution in [-0.4, -0.2) is 35.5 Å². The average molecular weight is 161 g/mol. The molecule has 0 aromatic heterocycles. The predicted octanol–water partition coefficient (Wildman–Crippen LogP) is 0.116. The van der Waals surface area contributed by atoms with Gasteiger partial charge >= 0.3 is 0 Å². The summed E-state index contributed by atoms with van der Waals surface area (Å²) in [6.07, 6.45) is 0.792. The van der Waals surface area contributed by atoms with Crippen molar-refractivity contribution in [3.63, 3.8) is 0 Å². The molecule has 0 spiro atoms. The molecule has 0 radical (unpaired) electrons. The number of aliphatic hydroxyl groups excluding tert-OH is 2. The van der Waals surface area contributed by atoms with Gasteiger partial charge in [0.1, 0.15) is 0 Å². The minimum atomic E-state index is -0.300. The van der Waals surface area contributed by atoms with Crippen LogP contribution in [0.1, 0.15) is 26.7 Å². The highest BCUT2D eigenvalue weighted by atomic mass is 16.3. The van der Waals surface area contributed by atoms with Gasteiger partial charge in [-0.05, 0) is 33.7 Å². The van der Waals surface area contributed by atoms with E-state index >= 15 is 0 Å². The summed E-state index contributed by atoms with van der Waals surface area (Å²) >= 11 is 0. The third-order valence-electron chi connectivity index (χ3n) is 1.66. The van der Waals surface area contributed by atoms with Crippen LogP contribution < -0.4 is 5.32 Å². The first-order valence-electron chi connectivity index (χ1n) is 4.09. The Balaban J connectivity index is 3.58. The lowest BCUT2D eigenvalue weighted by Crippen LogP contribution is -2.31. The first kappa shape index (κ1) is 10.9. The lowest BCUT2D eigenvalue weighted by atomic mass is 10.0. The highest BCUT2D eigenvalue weighted by Gasteiger charge is 2.11. The zero-order chi connectivity index (χ0) is 8.85. The fourth-order valence-corrected chi connectivity index (χ4v) is 1.16. The summed E-state index contributed by atoms with van der Waals surface area (Å²) in [7, 11) is 1.84. The lowest BCUT2D eigenvalue weighted by molar-refractivity contribution is 0.134. The normalized spacial score (nSPS) is 19.4. The van der Waals surface area contributed by atoms with E-state index in [-0.39, 0.29) is 18.2 Å². The largest absolute Gasteiger partial charge is 0.393 e. The summed E-state index contributed by atoms with van der Waals surface area (Å²) < 4.78 is 0. The zero-order valence-electron chi connectivity index (χ0n) is 7.54. The molecule has 3 heteroatoms. The smallest absolute Gasteiger partial charge is 0.0526 e. The SMILES string of the molecule is CNC(CC(C)O)CC(C)O. The van der Waals surface area contributed by atoms with Crippen LogP contribution in [0.3, 0.4) is 0 Å². The average Bonchev–Trinajstić information content (AvgIpc) is 1.84. The summed E-state index contributed by atoms with van der Waals surface area (Å²) in [5.74, 6) is 0. The van der Waals surface area contributed by atoms with Gasteiger partial charge in [-0.3, -0.25) is 0 Å². The van der Waals surface area contributed by atoms with Gasteiger partial charge in [0.25, 0.3) is 0 Å². The second kappa shape index (κ2) is 5.52. The fourth-order valence-electron chi connectivity index (χ4n) is 1.16. The predicted molar refractivity (Wildman–Crippen MR) is 45.4 cm³/mol. The Bertz CT molecular complexity index is 84.1. The summed E-state index contributed by atoms with van der Waals surface area (Å²) in [4.78, 5) is 0. The summed E-state index contributed by atoms with van der Waals surface area (Å²) in [6, 6.07) is 0.218. The maximum atomic E-state index is 9.05. The molecule has 11 heavy (non-hydrogen) atoms. The van der Waals surface area contributed by atoms with Crippen molar-refractivity contribution in [2.24, 2.45) is 0 Å². The lowest BCUT2D eigenvalue weighted by Gasteiger charge is -2.18. The van der Waals surface area contributed by atoms with Crippen LogP contribution in [0.15, 0.2) is 0 Å². The second-order valence-electron chi connectivity index (χ2n) is 3.16. The van der Waals surface area contributed by atoms with E-state index in [4.69, 9.17) is 10.2 Å². The van der Waals surface area contributed by atoms with E-state index in [1.807, 2.05) is 7.05 Å². The molecule has 2 unspecified atom stereocenters. The second-order valence-corrected chi connectivity index (χ2v) is 3.16. The Morgan fingerprint density at radius 2 is 1.45 bits per heavy atom. The number of nitrogens with one attached hydrogen (secondary N) is 1. The van der Waals surface area contributed by atoms with Crippen molar-refractivity contribution in [2.75, 3.05) is 7.05 Å². The number of hydrogen-bond acceptors (Lipinski definition) is 3.